The number of hydrogen-bond acceptors (Lipinski definition) is 5. The molecule has 108 valence electrons. The SMILES string of the molecule is CC(=O)CCCC(=O)C(CN)N1C(=O)CC(C)C1O. The molecule has 6 heteroatoms. The van der Waals surface area contributed by atoms with Gasteiger partial charge in [-0.3, -0.25) is 9.59 Å². The summed E-state index contributed by atoms with van der Waals surface area (Å²) in [5.41, 5.74) is 5.56. The van der Waals surface area contributed by atoms with Gasteiger partial charge in [-0.25, -0.2) is 0 Å². The van der Waals surface area contributed by atoms with Crippen LogP contribution in [0.1, 0.15) is 39.5 Å². The van der Waals surface area contributed by atoms with Gasteiger partial charge in [0.05, 0.1) is 0 Å². The lowest BCUT2D eigenvalue weighted by atomic mass is 10.0. The maximum atomic E-state index is 12.0. The highest BCUT2D eigenvalue weighted by molar-refractivity contribution is 5.90. The number of carbonyl (C=O) groups excluding carboxylic acids is 3. The Morgan fingerprint density at radius 2 is 2.11 bits per heavy atom. The Morgan fingerprint density at radius 1 is 1.47 bits per heavy atom. The second-order valence-corrected chi connectivity index (χ2v) is 5.17. The third kappa shape index (κ3) is 3.84. The number of aliphatic hydroxyl groups is 1. The molecule has 0 spiro atoms. The number of amides is 1. The lowest BCUT2D eigenvalue weighted by Gasteiger charge is -2.29. The molecule has 1 aliphatic heterocycles. The smallest absolute Gasteiger partial charge is 0.225 e. The van der Waals surface area contributed by atoms with E-state index in [0.29, 0.717) is 12.8 Å². The van der Waals surface area contributed by atoms with Crippen molar-refractivity contribution in [1.29, 1.82) is 0 Å². The summed E-state index contributed by atoms with van der Waals surface area (Å²) < 4.78 is 0. The summed E-state index contributed by atoms with van der Waals surface area (Å²) in [6.45, 7) is 3.23. The Labute approximate surface area is 112 Å². The number of likely N-dealkylation sites (tertiary alicyclic amines) is 1. The number of carbonyl (C=O) groups is 3. The lowest BCUT2D eigenvalue weighted by Crippen LogP contribution is -2.51. The van der Waals surface area contributed by atoms with Crippen LogP contribution < -0.4 is 5.73 Å². The molecule has 1 saturated heterocycles. The topological polar surface area (TPSA) is 101 Å². The summed E-state index contributed by atoms with van der Waals surface area (Å²) in [5, 5.41) is 9.94. The maximum absolute atomic E-state index is 12.0. The van der Waals surface area contributed by atoms with E-state index in [1.807, 2.05) is 0 Å². The van der Waals surface area contributed by atoms with Crippen LogP contribution in [-0.4, -0.2) is 46.3 Å². The number of nitrogens with two attached hydrogens (primary N) is 1. The molecule has 0 aromatic heterocycles. The van der Waals surface area contributed by atoms with Crippen molar-refractivity contribution >= 4 is 17.5 Å². The first-order valence-corrected chi connectivity index (χ1v) is 6.60. The molecule has 3 atom stereocenters. The molecule has 0 bridgehead atoms. The summed E-state index contributed by atoms with van der Waals surface area (Å²) in [6.07, 6.45) is 0.289. The Bertz CT molecular complexity index is 370. The standard InChI is InChI=1S/C13H22N2O4/c1-8-6-12(18)15(13(8)19)10(7-14)11(17)5-3-4-9(2)16/h8,10,13,19H,3-7,14H2,1-2H3. The molecule has 19 heavy (non-hydrogen) atoms. The van der Waals surface area contributed by atoms with Crippen LogP contribution in [0.15, 0.2) is 0 Å². The summed E-state index contributed by atoms with van der Waals surface area (Å²) in [6, 6.07) is -0.778. The number of nitrogens with zero attached hydrogens (tertiary/aromatic N) is 1. The zero-order chi connectivity index (χ0) is 14.6. The molecule has 1 amide bonds. The van der Waals surface area contributed by atoms with Crippen LogP contribution in [0, 0.1) is 5.92 Å². The van der Waals surface area contributed by atoms with Gasteiger partial charge < -0.3 is 20.5 Å². The van der Waals surface area contributed by atoms with E-state index in [0.717, 1.165) is 0 Å². The van der Waals surface area contributed by atoms with Crippen molar-refractivity contribution in [1.82, 2.24) is 4.90 Å². The average Bonchev–Trinajstić information content (AvgIpc) is 2.56. The van der Waals surface area contributed by atoms with Crippen molar-refractivity contribution in [2.75, 3.05) is 6.54 Å². The fourth-order valence-corrected chi connectivity index (χ4v) is 2.34. The van der Waals surface area contributed by atoms with E-state index in [4.69, 9.17) is 5.73 Å². The summed E-state index contributed by atoms with van der Waals surface area (Å²) in [4.78, 5) is 35.9. The van der Waals surface area contributed by atoms with Crippen molar-refractivity contribution in [3.63, 3.8) is 0 Å². The quantitative estimate of drug-likeness (QED) is 0.669. The molecule has 0 saturated carbocycles. The third-order valence-electron chi connectivity index (χ3n) is 3.46. The molecule has 0 radical (unpaired) electrons. The number of rotatable bonds is 7. The molecule has 0 aliphatic carbocycles. The Morgan fingerprint density at radius 3 is 2.53 bits per heavy atom. The molecular formula is C13H22N2O4. The number of aliphatic hydroxyl groups excluding tert-OH is 1. The third-order valence-corrected chi connectivity index (χ3v) is 3.46. The molecule has 6 nitrogen and oxygen atoms in total. The molecule has 3 unspecified atom stereocenters. The van der Waals surface area contributed by atoms with Gasteiger partial charge in [-0.2, -0.15) is 0 Å². The number of hydrogen-bond donors (Lipinski definition) is 2. The van der Waals surface area contributed by atoms with Crippen molar-refractivity contribution < 1.29 is 19.5 Å². The molecule has 1 rings (SSSR count). The van der Waals surface area contributed by atoms with Crippen LogP contribution in [0.3, 0.4) is 0 Å². The first kappa shape index (κ1) is 15.8. The van der Waals surface area contributed by atoms with Crippen molar-refractivity contribution in [3.8, 4) is 0 Å². The van der Waals surface area contributed by atoms with E-state index in [-0.39, 0.29) is 42.8 Å². The molecule has 1 fully saturated rings. The van der Waals surface area contributed by atoms with E-state index in [2.05, 4.69) is 0 Å². The van der Waals surface area contributed by atoms with Crippen molar-refractivity contribution in [3.05, 3.63) is 0 Å². The second kappa shape index (κ2) is 6.77. The predicted octanol–water partition coefficient (Wildman–Crippen LogP) is -0.171. The summed E-state index contributed by atoms with van der Waals surface area (Å²) in [5.74, 6) is -0.588. The van der Waals surface area contributed by atoms with Gasteiger partial charge in [-0.15, -0.1) is 0 Å². The first-order chi connectivity index (χ1) is 8.88. The second-order valence-electron chi connectivity index (χ2n) is 5.17. The largest absolute Gasteiger partial charge is 0.373 e. The fourth-order valence-electron chi connectivity index (χ4n) is 2.34. The van der Waals surface area contributed by atoms with Crippen LogP contribution in [0.2, 0.25) is 0 Å². The minimum atomic E-state index is -0.946. The number of ketones is 2. The Kier molecular flexibility index (Phi) is 5.62. The van der Waals surface area contributed by atoms with Crippen molar-refractivity contribution in [2.24, 2.45) is 11.7 Å². The van der Waals surface area contributed by atoms with E-state index < -0.39 is 12.3 Å². The monoisotopic (exact) mass is 270 g/mol. The van der Waals surface area contributed by atoms with Crippen LogP contribution in [0.5, 0.6) is 0 Å². The Balaban J connectivity index is 2.64. The van der Waals surface area contributed by atoms with E-state index >= 15 is 0 Å². The molecule has 0 aromatic rings. The maximum Gasteiger partial charge on any atom is 0.225 e. The van der Waals surface area contributed by atoms with Gasteiger partial charge in [-0.05, 0) is 13.3 Å². The first-order valence-electron chi connectivity index (χ1n) is 6.60. The van der Waals surface area contributed by atoms with E-state index in [9.17, 15) is 19.5 Å². The molecule has 3 N–H and O–H groups in total. The number of Topliss-reactive ketones (excluding diaryl/α,β-unsaturated/α-hetero) is 2. The predicted molar refractivity (Wildman–Crippen MR) is 69.0 cm³/mol. The molecular weight excluding hydrogens is 248 g/mol. The lowest BCUT2D eigenvalue weighted by molar-refractivity contribution is -0.144. The minimum absolute atomic E-state index is 0.00553. The zero-order valence-electron chi connectivity index (χ0n) is 11.5. The van der Waals surface area contributed by atoms with Gasteiger partial charge >= 0.3 is 0 Å². The van der Waals surface area contributed by atoms with Gasteiger partial charge in [0.2, 0.25) is 5.91 Å². The highest BCUT2D eigenvalue weighted by atomic mass is 16.3. The van der Waals surface area contributed by atoms with E-state index in [1.165, 1.54) is 11.8 Å². The molecule has 1 heterocycles. The van der Waals surface area contributed by atoms with Gasteiger partial charge in [0.15, 0.2) is 5.78 Å². The van der Waals surface area contributed by atoms with Gasteiger partial charge in [0, 0.05) is 31.7 Å². The highest BCUT2D eigenvalue weighted by Crippen LogP contribution is 2.26. The van der Waals surface area contributed by atoms with Crippen LogP contribution in [-0.2, 0) is 14.4 Å². The average molecular weight is 270 g/mol. The van der Waals surface area contributed by atoms with Crippen LogP contribution in [0.4, 0.5) is 0 Å². The highest BCUT2D eigenvalue weighted by Gasteiger charge is 2.41. The van der Waals surface area contributed by atoms with Crippen LogP contribution >= 0.6 is 0 Å². The molecule has 1 aliphatic rings. The van der Waals surface area contributed by atoms with Crippen molar-refractivity contribution in [2.45, 2.75) is 51.8 Å². The normalized spacial score (nSPS) is 24.6. The summed E-state index contributed by atoms with van der Waals surface area (Å²) in [7, 11) is 0. The summed E-state index contributed by atoms with van der Waals surface area (Å²) >= 11 is 0. The fraction of sp³-hybridized carbons (Fsp3) is 0.769. The zero-order valence-corrected chi connectivity index (χ0v) is 11.5. The van der Waals surface area contributed by atoms with Gasteiger partial charge in [0.1, 0.15) is 18.1 Å². The molecule has 0 aromatic carbocycles. The Hall–Kier alpha value is -1.27. The van der Waals surface area contributed by atoms with Gasteiger partial charge in [0.25, 0.3) is 0 Å². The van der Waals surface area contributed by atoms with Gasteiger partial charge in [-0.1, -0.05) is 6.92 Å². The minimum Gasteiger partial charge on any atom is -0.373 e. The van der Waals surface area contributed by atoms with E-state index in [1.54, 1.807) is 6.92 Å². The van der Waals surface area contributed by atoms with Crippen LogP contribution in [0.25, 0.3) is 0 Å².